The molecular formula is C18H30O4S2. The summed E-state index contributed by atoms with van der Waals surface area (Å²) < 4.78 is 10.2. The Labute approximate surface area is 156 Å². The van der Waals surface area contributed by atoms with Gasteiger partial charge in [0.15, 0.2) is 0 Å². The van der Waals surface area contributed by atoms with Gasteiger partial charge >= 0.3 is 11.9 Å². The molecule has 0 aromatic carbocycles. The Morgan fingerprint density at radius 2 is 1.21 bits per heavy atom. The molecule has 2 heterocycles. The molecule has 0 aromatic rings. The fourth-order valence-electron chi connectivity index (χ4n) is 3.46. The Kier molecular flexibility index (Phi) is 8.81. The van der Waals surface area contributed by atoms with Crippen LogP contribution in [-0.2, 0) is 19.1 Å². The van der Waals surface area contributed by atoms with Crippen LogP contribution in [0.3, 0.4) is 0 Å². The van der Waals surface area contributed by atoms with Crippen molar-refractivity contribution in [2.24, 2.45) is 11.8 Å². The van der Waals surface area contributed by atoms with Gasteiger partial charge in [-0.3, -0.25) is 9.59 Å². The second kappa shape index (κ2) is 10.6. The van der Waals surface area contributed by atoms with Crippen LogP contribution in [0.4, 0.5) is 0 Å². The maximum atomic E-state index is 11.6. The van der Waals surface area contributed by atoms with Gasteiger partial charge in [0.05, 0.1) is 25.0 Å². The van der Waals surface area contributed by atoms with Crippen LogP contribution >= 0.6 is 25.3 Å². The lowest BCUT2D eigenvalue weighted by Gasteiger charge is -2.23. The van der Waals surface area contributed by atoms with Gasteiger partial charge in [-0.05, 0) is 64.2 Å². The van der Waals surface area contributed by atoms with Gasteiger partial charge in [0, 0.05) is 10.5 Å². The van der Waals surface area contributed by atoms with Crippen molar-refractivity contribution >= 4 is 37.2 Å². The second-order valence-corrected chi connectivity index (χ2v) is 8.51. The first-order chi connectivity index (χ1) is 11.6. The number of rotatable bonds is 9. The van der Waals surface area contributed by atoms with E-state index in [9.17, 15) is 9.59 Å². The van der Waals surface area contributed by atoms with Gasteiger partial charge in [-0.25, -0.2) is 0 Å². The molecule has 0 spiro atoms. The van der Waals surface area contributed by atoms with Crippen molar-refractivity contribution in [1.82, 2.24) is 0 Å². The van der Waals surface area contributed by atoms with E-state index in [0.717, 1.165) is 64.2 Å². The maximum Gasteiger partial charge on any atom is 0.308 e. The molecule has 0 N–H and O–H groups in total. The predicted molar refractivity (Wildman–Crippen MR) is 101 cm³/mol. The number of ether oxygens (including phenoxy) is 2. The van der Waals surface area contributed by atoms with Crippen LogP contribution in [-0.4, -0.2) is 35.7 Å². The van der Waals surface area contributed by atoms with E-state index < -0.39 is 0 Å². The molecule has 0 aliphatic carbocycles. The van der Waals surface area contributed by atoms with Crippen molar-refractivity contribution in [3.8, 4) is 0 Å². The van der Waals surface area contributed by atoms with Crippen molar-refractivity contribution in [2.45, 2.75) is 74.7 Å². The summed E-state index contributed by atoms with van der Waals surface area (Å²) in [6.07, 6.45) is 9.49. The van der Waals surface area contributed by atoms with Crippen LogP contribution in [0, 0.1) is 11.8 Å². The zero-order valence-electron chi connectivity index (χ0n) is 14.3. The molecule has 2 saturated heterocycles. The first-order valence-corrected chi connectivity index (χ1v) is 10.3. The Balaban J connectivity index is 1.56. The summed E-state index contributed by atoms with van der Waals surface area (Å²) in [4.78, 5) is 23.3. The number of hydrogen-bond acceptors (Lipinski definition) is 6. The van der Waals surface area contributed by atoms with Crippen LogP contribution in [0.25, 0.3) is 0 Å². The van der Waals surface area contributed by atoms with Crippen LogP contribution < -0.4 is 0 Å². The molecule has 4 atom stereocenters. The van der Waals surface area contributed by atoms with Crippen molar-refractivity contribution in [1.29, 1.82) is 0 Å². The minimum atomic E-state index is -0.0341. The first kappa shape index (κ1) is 20.0. The molecule has 2 fully saturated rings. The highest BCUT2D eigenvalue weighted by molar-refractivity contribution is 7.81. The maximum absolute atomic E-state index is 11.6. The van der Waals surface area contributed by atoms with E-state index in [4.69, 9.17) is 9.47 Å². The van der Waals surface area contributed by atoms with E-state index in [0.29, 0.717) is 23.7 Å². The Morgan fingerprint density at radius 1 is 0.792 bits per heavy atom. The molecule has 6 heteroatoms. The zero-order chi connectivity index (χ0) is 17.4. The minimum Gasteiger partial charge on any atom is -0.465 e. The Morgan fingerprint density at radius 3 is 1.58 bits per heavy atom. The van der Waals surface area contributed by atoms with E-state index in [1.807, 2.05) is 0 Å². The fourth-order valence-corrected chi connectivity index (χ4v) is 4.06. The highest BCUT2D eigenvalue weighted by atomic mass is 32.1. The largest absolute Gasteiger partial charge is 0.465 e. The second-order valence-electron chi connectivity index (χ2n) is 7.05. The third-order valence-electron chi connectivity index (χ3n) is 5.08. The third kappa shape index (κ3) is 6.87. The third-order valence-corrected chi connectivity index (χ3v) is 6.11. The quantitative estimate of drug-likeness (QED) is 0.476. The summed E-state index contributed by atoms with van der Waals surface area (Å²) in [6.45, 7) is 1.16. The van der Waals surface area contributed by atoms with Crippen LogP contribution in [0.1, 0.15) is 64.2 Å². The Bertz CT molecular complexity index is 378. The highest BCUT2D eigenvalue weighted by Crippen LogP contribution is 2.27. The first-order valence-electron chi connectivity index (χ1n) is 9.25. The Hall–Kier alpha value is -0.360. The van der Waals surface area contributed by atoms with Crippen LogP contribution in [0.15, 0.2) is 0 Å². The summed E-state index contributed by atoms with van der Waals surface area (Å²) in [7, 11) is 0. The molecule has 0 amide bonds. The van der Waals surface area contributed by atoms with Crippen LogP contribution in [0.2, 0.25) is 0 Å². The van der Waals surface area contributed by atoms with Gasteiger partial charge in [-0.2, -0.15) is 25.3 Å². The van der Waals surface area contributed by atoms with E-state index in [1.165, 1.54) is 0 Å². The monoisotopic (exact) mass is 374 g/mol. The molecule has 0 aromatic heterocycles. The van der Waals surface area contributed by atoms with Gasteiger partial charge < -0.3 is 9.47 Å². The number of hydrogen-bond donors (Lipinski definition) is 2. The van der Waals surface area contributed by atoms with Gasteiger partial charge in [0.2, 0.25) is 0 Å². The van der Waals surface area contributed by atoms with E-state index in [2.05, 4.69) is 25.3 Å². The summed E-state index contributed by atoms with van der Waals surface area (Å²) in [5.41, 5.74) is 0. The van der Waals surface area contributed by atoms with Crippen LogP contribution in [0.5, 0.6) is 0 Å². The lowest BCUT2D eigenvalue weighted by molar-refractivity contribution is -0.154. The molecule has 0 saturated carbocycles. The summed E-state index contributed by atoms with van der Waals surface area (Å²) in [5.74, 6) is 0.0662. The minimum absolute atomic E-state index is 0.0341. The van der Waals surface area contributed by atoms with Gasteiger partial charge in [-0.1, -0.05) is 0 Å². The number of carbonyl (C=O) groups excluding carboxylic acids is 2. The van der Waals surface area contributed by atoms with Crippen molar-refractivity contribution in [3.05, 3.63) is 0 Å². The molecule has 0 radical (unpaired) electrons. The molecule has 4 unspecified atom stereocenters. The summed E-state index contributed by atoms with van der Waals surface area (Å²) >= 11 is 9.32. The normalized spacial score (nSPS) is 27.2. The molecule has 2 aliphatic heterocycles. The highest BCUT2D eigenvalue weighted by Gasteiger charge is 2.25. The van der Waals surface area contributed by atoms with E-state index in [1.54, 1.807) is 0 Å². The van der Waals surface area contributed by atoms with Gasteiger partial charge in [0.25, 0.3) is 0 Å². The van der Waals surface area contributed by atoms with Gasteiger partial charge in [0.1, 0.15) is 0 Å². The predicted octanol–water partition coefficient (Wildman–Crippen LogP) is 3.83. The fraction of sp³-hybridized carbons (Fsp3) is 0.889. The molecule has 0 bridgehead atoms. The molecule has 138 valence electrons. The van der Waals surface area contributed by atoms with Crippen molar-refractivity contribution in [3.63, 3.8) is 0 Å². The topological polar surface area (TPSA) is 52.6 Å². The lowest BCUT2D eigenvalue weighted by Crippen LogP contribution is -2.25. The van der Waals surface area contributed by atoms with Crippen molar-refractivity contribution in [2.75, 3.05) is 13.2 Å². The summed E-state index contributed by atoms with van der Waals surface area (Å²) in [5, 5.41) is 0.600. The number of thiol groups is 2. The van der Waals surface area contributed by atoms with E-state index >= 15 is 0 Å². The summed E-state index contributed by atoms with van der Waals surface area (Å²) in [6, 6.07) is 0. The number of carbonyl (C=O) groups is 2. The lowest BCUT2D eigenvalue weighted by atomic mass is 9.93. The molecular weight excluding hydrogens is 344 g/mol. The molecule has 2 rings (SSSR count). The molecule has 4 nitrogen and oxygen atoms in total. The van der Waals surface area contributed by atoms with E-state index in [-0.39, 0.29) is 23.8 Å². The zero-order valence-corrected chi connectivity index (χ0v) is 16.1. The average molecular weight is 375 g/mol. The number of cyclic esters (lactones) is 2. The van der Waals surface area contributed by atoms with Crippen molar-refractivity contribution < 1.29 is 19.1 Å². The molecule has 24 heavy (non-hydrogen) atoms. The van der Waals surface area contributed by atoms with Gasteiger partial charge in [-0.15, -0.1) is 0 Å². The molecule has 2 aliphatic rings. The smallest absolute Gasteiger partial charge is 0.308 e. The average Bonchev–Trinajstić information content (AvgIpc) is 2.58. The SMILES string of the molecule is O=C1OCCCC1CCC(S)CCC(S)CCC1CCCOC1=O. The standard InChI is InChI=1S/C18H30O4S2/c19-17-13(3-1-11-21-17)5-7-15(23)9-10-16(24)8-6-14-4-2-12-22-18(14)20/h13-16,23-24H,1-12H2. The number of esters is 2.